The summed E-state index contributed by atoms with van der Waals surface area (Å²) in [5.41, 5.74) is 1.69. The number of aliphatic hydroxyl groups is 1. The molecule has 2 atom stereocenters. The van der Waals surface area contributed by atoms with Crippen LogP contribution in [0.15, 0.2) is 10.7 Å². The van der Waals surface area contributed by atoms with Crippen LogP contribution in [0, 0.1) is 19.8 Å². The van der Waals surface area contributed by atoms with E-state index in [1.54, 1.807) is 0 Å². The van der Waals surface area contributed by atoms with Gasteiger partial charge in [0.25, 0.3) is 0 Å². The largest absolute Gasteiger partial charge is 0.443 e. The molecule has 19 heavy (non-hydrogen) atoms. The number of anilines is 1. The number of nitrogens with one attached hydrogen (secondary N) is 1. The first-order valence-electron chi connectivity index (χ1n) is 6.61. The van der Waals surface area contributed by atoms with Gasteiger partial charge in [-0.25, -0.2) is 9.97 Å². The summed E-state index contributed by atoms with van der Waals surface area (Å²) in [7, 11) is 0. The maximum Gasteiger partial charge on any atom is 0.231 e. The van der Waals surface area contributed by atoms with Gasteiger partial charge in [0.05, 0.1) is 11.5 Å². The highest BCUT2D eigenvalue weighted by molar-refractivity contribution is 5.89. The molecule has 5 nitrogen and oxygen atoms in total. The van der Waals surface area contributed by atoms with E-state index in [0.717, 1.165) is 35.5 Å². The molecule has 2 heterocycles. The lowest BCUT2D eigenvalue weighted by atomic mass is 10.0. The first-order valence-corrected chi connectivity index (χ1v) is 6.61. The van der Waals surface area contributed by atoms with Crippen LogP contribution in [0.2, 0.25) is 0 Å². The number of furan rings is 1. The molecule has 104 valence electrons. The lowest BCUT2D eigenvalue weighted by Gasteiger charge is -2.14. The summed E-state index contributed by atoms with van der Waals surface area (Å²) < 4.78 is 5.58. The number of hydrogen-bond acceptors (Lipinski definition) is 5. The van der Waals surface area contributed by atoms with Crippen molar-refractivity contribution >= 4 is 16.9 Å². The summed E-state index contributed by atoms with van der Waals surface area (Å²) in [4.78, 5) is 8.43. The molecule has 0 fully saturated rings. The van der Waals surface area contributed by atoms with Gasteiger partial charge in [0.15, 0.2) is 0 Å². The van der Waals surface area contributed by atoms with E-state index in [9.17, 15) is 5.11 Å². The molecule has 0 saturated carbocycles. The number of aryl methyl sites for hydroxylation is 2. The molecule has 0 amide bonds. The van der Waals surface area contributed by atoms with Gasteiger partial charge in [0, 0.05) is 12.1 Å². The Labute approximate surface area is 113 Å². The quantitative estimate of drug-likeness (QED) is 0.867. The van der Waals surface area contributed by atoms with E-state index in [4.69, 9.17) is 4.42 Å². The van der Waals surface area contributed by atoms with Crippen LogP contribution >= 0.6 is 0 Å². The Morgan fingerprint density at radius 3 is 2.74 bits per heavy atom. The van der Waals surface area contributed by atoms with Crippen LogP contribution in [0.1, 0.15) is 31.6 Å². The molecular weight excluding hydrogens is 242 g/mol. The smallest absolute Gasteiger partial charge is 0.231 e. The standard InChI is InChI=1S/C14H21N3O2/c1-8(5-9(2)18)6-15-13-12-10(3)11(4)19-14(12)17-7-16-13/h7-9,18H,5-6H2,1-4H3,(H,15,16,17). The van der Waals surface area contributed by atoms with Crippen molar-refractivity contribution < 1.29 is 9.52 Å². The van der Waals surface area contributed by atoms with Gasteiger partial charge in [-0.05, 0) is 33.1 Å². The summed E-state index contributed by atoms with van der Waals surface area (Å²) in [6, 6.07) is 0. The SMILES string of the molecule is Cc1oc2ncnc(NCC(C)CC(C)O)c2c1C. The topological polar surface area (TPSA) is 71.2 Å². The van der Waals surface area contributed by atoms with Crippen molar-refractivity contribution in [3.63, 3.8) is 0 Å². The maximum atomic E-state index is 9.37. The zero-order valence-corrected chi connectivity index (χ0v) is 11.9. The Hall–Kier alpha value is -1.62. The van der Waals surface area contributed by atoms with Gasteiger partial charge in [0.2, 0.25) is 5.71 Å². The fourth-order valence-electron chi connectivity index (χ4n) is 2.25. The van der Waals surface area contributed by atoms with Crippen LogP contribution in [0.25, 0.3) is 11.1 Å². The summed E-state index contributed by atoms with van der Waals surface area (Å²) in [6.07, 6.45) is 2.00. The van der Waals surface area contributed by atoms with Crippen molar-refractivity contribution in [2.75, 3.05) is 11.9 Å². The molecule has 2 aromatic rings. The van der Waals surface area contributed by atoms with E-state index in [1.165, 1.54) is 6.33 Å². The third kappa shape index (κ3) is 3.04. The molecule has 0 radical (unpaired) electrons. The number of aliphatic hydroxyl groups excluding tert-OH is 1. The highest BCUT2D eigenvalue weighted by Gasteiger charge is 2.14. The molecule has 0 aliphatic rings. The van der Waals surface area contributed by atoms with Gasteiger partial charge < -0.3 is 14.8 Å². The van der Waals surface area contributed by atoms with Crippen molar-refractivity contribution in [1.29, 1.82) is 0 Å². The van der Waals surface area contributed by atoms with Crippen molar-refractivity contribution in [1.82, 2.24) is 9.97 Å². The molecular formula is C14H21N3O2. The fraction of sp³-hybridized carbons (Fsp3) is 0.571. The molecule has 0 bridgehead atoms. The van der Waals surface area contributed by atoms with Crippen LogP contribution in [0.3, 0.4) is 0 Å². The first kappa shape index (κ1) is 13.8. The number of aromatic nitrogens is 2. The molecule has 0 saturated heterocycles. The minimum Gasteiger partial charge on any atom is -0.443 e. The predicted molar refractivity (Wildman–Crippen MR) is 75.2 cm³/mol. The van der Waals surface area contributed by atoms with E-state index >= 15 is 0 Å². The van der Waals surface area contributed by atoms with E-state index < -0.39 is 0 Å². The highest BCUT2D eigenvalue weighted by atomic mass is 16.3. The second-order valence-electron chi connectivity index (χ2n) is 5.26. The molecule has 2 aromatic heterocycles. The van der Waals surface area contributed by atoms with Crippen LogP contribution in [0.4, 0.5) is 5.82 Å². The molecule has 2 N–H and O–H groups in total. The average molecular weight is 263 g/mol. The van der Waals surface area contributed by atoms with Crippen LogP contribution in [-0.4, -0.2) is 27.7 Å². The number of fused-ring (bicyclic) bond motifs is 1. The summed E-state index contributed by atoms with van der Waals surface area (Å²) >= 11 is 0. The van der Waals surface area contributed by atoms with Crippen molar-refractivity contribution in [3.05, 3.63) is 17.7 Å². The minimum atomic E-state index is -0.278. The normalized spacial score (nSPS) is 14.6. The highest BCUT2D eigenvalue weighted by Crippen LogP contribution is 2.28. The zero-order valence-electron chi connectivity index (χ0n) is 11.9. The second kappa shape index (κ2) is 5.57. The third-order valence-electron chi connectivity index (χ3n) is 3.33. The second-order valence-corrected chi connectivity index (χ2v) is 5.26. The Balaban J connectivity index is 2.17. The molecule has 0 spiro atoms. The summed E-state index contributed by atoms with van der Waals surface area (Å²) in [6.45, 7) is 8.61. The van der Waals surface area contributed by atoms with Crippen LogP contribution in [0.5, 0.6) is 0 Å². The van der Waals surface area contributed by atoms with E-state index in [1.807, 2.05) is 20.8 Å². The van der Waals surface area contributed by atoms with E-state index in [2.05, 4.69) is 22.2 Å². The maximum absolute atomic E-state index is 9.37. The summed E-state index contributed by atoms with van der Waals surface area (Å²) in [5, 5.41) is 13.6. The van der Waals surface area contributed by atoms with Crippen molar-refractivity contribution in [3.8, 4) is 0 Å². The molecule has 0 aliphatic heterocycles. The van der Waals surface area contributed by atoms with Crippen molar-refractivity contribution in [2.24, 2.45) is 5.92 Å². The molecule has 2 rings (SSSR count). The van der Waals surface area contributed by atoms with Crippen LogP contribution < -0.4 is 5.32 Å². The Morgan fingerprint density at radius 1 is 1.32 bits per heavy atom. The number of rotatable bonds is 5. The Bertz CT molecular complexity index is 563. The molecule has 0 aromatic carbocycles. The third-order valence-corrected chi connectivity index (χ3v) is 3.33. The number of hydrogen-bond donors (Lipinski definition) is 2. The van der Waals surface area contributed by atoms with Gasteiger partial charge >= 0.3 is 0 Å². The van der Waals surface area contributed by atoms with Gasteiger partial charge in [0.1, 0.15) is 17.9 Å². The van der Waals surface area contributed by atoms with E-state index in [0.29, 0.717) is 11.6 Å². The number of nitrogens with zero attached hydrogens (tertiary/aromatic N) is 2. The fourth-order valence-corrected chi connectivity index (χ4v) is 2.25. The Kier molecular flexibility index (Phi) is 4.04. The average Bonchev–Trinajstić information content (AvgIpc) is 2.62. The molecule has 2 unspecified atom stereocenters. The summed E-state index contributed by atoms with van der Waals surface area (Å²) in [5.74, 6) is 2.05. The van der Waals surface area contributed by atoms with E-state index in [-0.39, 0.29) is 6.10 Å². The van der Waals surface area contributed by atoms with Crippen molar-refractivity contribution in [2.45, 2.75) is 40.2 Å². The monoisotopic (exact) mass is 263 g/mol. The minimum absolute atomic E-state index is 0.278. The molecule has 5 heteroatoms. The van der Waals surface area contributed by atoms with Crippen LogP contribution in [-0.2, 0) is 0 Å². The predicted octanol–water partition coefficient (Wildman–Crippen LogP) is 2.66. The van der Waals surface area contributed by atoms with Gasteiger partial charge in [-0.3, -0.25) is 0 Å². The Morgan fingerprint density at radius 2 is 2.05 bits per heavy atom. The first-order chi connectivity index (χ1) is 8.99. The lowest BCUT2D eigenvalue weighted by Crippen LogP contribution is -2.17. The van der Waals surface area contributed by atoms with Gasteiger partial charge in [-0.15, -0.1) is 0 Å². The van der Waals surface area contributed by atoms with Gasteiger partial charge in [-0.2, -0.15) is 0 Å². The molecule has 0 aliphatic carbocycles. The van der Waals surface area contributed by atoms with Gasteiger partial charge in [-0.1, -0.05) is 6.92 Å². The lowest BCUT2D eigenvalue weighted by molar-refractivity contribution is 0.166. The zero-order chi connectivity index (χ0) is 14.0.